The first-order valence-corrected chi connectivity index (χ1v) is 5.04. The molecule has 0 unspecified atom stereocenters. The molecule has 0 aliphatic carbocycles. The van der Waals surface area contributed by atoms with Gasteiger partial charge in [0, 0.05) is 19.3 Å². The second kappa shape index (κ2) is 4.28. The smallest absolute Gasteiger partial charge is 0.0953 e. The lowest BCUT2D eigenvalue weighted by molar-refractivity contribution is 0.795. The van der Waals surface area contributed by atoms with E-state index in [1.807, 2.05) is 12.5 Å². The monoisotopic (exact) mass is 201 g/mol. The van der Waals surface area contributed by atoms with Crippen LogP contribution in [0.15, 0.2) is 36.8 Å². The Balaban J connectivity index is 2.14. The molecule has 0 radical (unpaired) electrons. The first-order chi connectivity index (χ1) is 7.28. The van der Waals surface area contributed by atoms with Crippen LogP contribution in [0.2, 0.25) is 0 Å². The average Bonchev–Trinajstić information content (AvgIpc) is 2.65. The topological polar surface area (TPSA) is 43.8 Å². The van der Waals surface area contributed by atoms with Crippen molar-refractivity contribution < 1.29 is 0 Å². The van der Waals surface area contributed by atoms with Gasteiger partial charge in [0.15, 0.2) is 0 Å². The van der Waals surface area contributed by atoms with E-state index < -0.39 is 0 Å². The maximum atomic E-state index is 5.50. The lowest BCUT2D eigenvalue weighted by Crippen LogP contribution is -1.98. The number of nitrogens with zero attached hydrogens (tertiary/aromatic N) is 2. The van der Waals surface area contributed by atoms with Gasteiger partial charge >= 0.3 is 0 Å². The van der Waals surface area contributed by atoms with Gasteiger partial charge in [-0.05, 0) is 12.5 Å². The summed E-state index contributed by atoms with van der Waals surface area (Å²) in [5, 5.41) is 0. The van der Waals surface area contributed by atoms with Crippen LogP contribution < -0.4 is 5.73 Å². The molecule has 2 aromatic rings. The van der Waals surface area contributed by atoms with Crippen LogP contribution in [0.4, 0.5) is 0 Å². The van der Waals surface area contributed by atoms with Crippen molar-refractivity contribution in [3.8, 4) is 0 Å². The van der Waals surface area contributed by atoms with Gasteiger partial charge in [0.2, 0.25) is 0 Å². The van der Waals surface area contributed by atoms with Gasteiger partial charge in [-0.3, -0.25) is 0 Å². The predicted molar refractivity (Wildman–Crippen MR) is 60.4 cm³/mol. The van der Waals surface area contributed by atoms with Crippen LogP contribution in [0, 0.1) is 6.92 Å². The molecular weight excluding hydrogens is 186 g/mol. The van der Waals surface area contributed by atoms with E-state index in [-0.39, 0.29) is 0 Å². The molecule has 1 aromatic heterocycles. The first-order valence-electron chi connectivity index (χ1n) is 5.04. The summed E-state index contributed by atoms with van der Waals surface area (Å²) in [6.45, 7) is 3.46. The molecule has 15 heavy (non-hydrogen) atoms. The summed E-state index contributed by atoms with van der Waals surface area (Å²) >= 11 is 0. The molecule has 2 N–H and O–H groups in total. The van der Waals surface area contributed by atoms with Crippen LogP contribution in [-0.2, 0) is 13.1 Å². The van der Waals surface area contributed by atoms with Gasteiger partial charge in [0.05, 0.1) is 12.0 Å². The number of nitrogens with two attached hydrogens (primary N) is 1. The fraction of sp³-hybridized carbons (Fsp3) is 0.250. The molecule has 78 valence electrons. The number of benzene rings is 1. The van der Waals surface area contributed by atoms with Gasteiger partial charge in [-0.1, -0.05) is 29.8 Å². The van der Waals surface area contributed by atoms with E-state index in [2.05, 4.69) is 40.7 Å². The van der Waals surface area contributed by atoms with Crippen molar-refractivity contribution >= 4 is 0 Å². The Labute approximate surface area is 89.6 Å². The van der Waals surface area contributed by atoms with Crippen molar-refractivity contribution in [3.63, 3.8) is 0 Å². The highest BCUT2D eigenvalue weighted by molar-refractivity contribution is 5.22. The highest BCUT2D eigenvalue weighted by atomic mass is 15.0. The molecule has 0 bridgehead atoms. The molecule has 0 saturated heterocycles. The van der Waals surface area contributed by atoms with E-state index in [1.54, 1.807) is 0 Å². The van der Waals surface area contributed by atoms with Crippen molar-refractivity contribution in [2.45, 2.75) is 20.0 Å². The molecule has 1 heterocycles. The van der Waals surface area contributed by atoms with Crippen LogP contribution in [0.1, 0.15) is 16.8 Å². The Morgan fingerprint density at radius 2 is 2.27 bits per heavy atom. The van der Waals surface area contributed by atoms with Crippen molar-refractivity contribution in [1.82, 2.24) is 9.55 Å². The quantitative estimate of drug-likeness (QED) is 0.821. The van der Waals surface area contributed by atoms with Gasteiger partial charge in [0.1, 0.15) is 0 Å². The minimum absolute atomic E-state index is 0.501. The number of aryl methyl sites for hydroxylation is 1. The largest absolute Gasteiger partial charge is 0.333 e. The lowest BCUT2D eigenvalue weighted by atomic mass is 10.1. The van der Waals surface area contributed by atoms with Crippen LogP contribution in [-0.4, -0.2) is 9.55 Å². The molecule has 0 spiro atoms. The predicted octanol–water partition coefficient (Wildman–Crippen LogP) is 1.70. The molecule has 3 heteroatoms. The number of aromatic nitrogens is 2. The van der Waals surface area contributed by atoms with Gasteiger partial charge in [0.25, 0.3) is 0 Å². The number of imidazole rings is 1. The van der Waals surface area contributed by atoms with Gasteiger partial charge < -0.3 is 10.3 Å². The zero-order chi connectivity index (χ0) is 10.7. The maximum absolute atomic E-state index is 5.50. The summed E-state index contributed by atoms with van der Waals surface area (Å²) in [5.74, 6) is 0. The Bertz CT molecular complexity index is 446. The second-order valence-corrected chi connectivity index (χ2v) is 3.73. The molecule has 1 aromatic carbocycles. The van der Waals surface area contributed by atoms with Crippen molar-refractivity contribution in [2.75, 3.05) is 0 Å². The fourth-order valence-electron chi connectivity index (χ4n) is 1.62. The fourth-order valence-corrected chi connectivity index (χ4v) is 1.62. The zero-order valence-corrected chi connectivity index (χ0v) is 8.85. The molecule has 0 aliphatic rings. The summed E-state index contributed by atoms with van der Waals surface area (Å²) in [7, 11) is 0. The van der Waals surface area contributed by atoms with Gasteiger partial charge in [-0.2, -0.15) is 0 Å². The number of hydrogen-bond acceptors (Lipinski definition) is 2. The molecule has 0 saturated carbocycles. The van der Waals surface area contributed by atoms with Crippen molar-refractivity contribution in [1.29, 1.82) is 0 Å². The van der Waals surface area contributed by atoms with Crippen LogP contribution in [0.25, 0.3) is 0 Å². The SMILES string of the molecule is Cc1cccc(Cn2cnc(CN)c2)c1. The Morgan fingerprint density at radius 1 is 1.40 bits per heavy atom. The summed E-state index contributed by atoms with van der Waals surface area (Å²) in [5.41, 5.74) is 9.01. The highest BCUT2D eigenvalue weighted by Gasteiger charge is 1.98. The van der Waals surface area contributed by atoms with Crippen LogP contribution in [0.3, 0.4) is 0 Å². The zero-order valence-electron chi connectivity index (χ0n) is 8.85. The van der Waals surface area contributed by atoms with E-state index in [0.717, 1.165) is 12.2 Å². The molecule has 0 atom stereocenters. The minimum Gasteiger partial charge on any atom is -0.333 e. The molecule has 2 rings (SSSR count). The normalized spacial score (nSPS) is 10.5. The number of rotatable bonds is 3. The average molecular weight is 201 g/mol. The van der Waals surface area contributed by atoms with Gasteiger partial charge in [-0.25, -0.2) is 4.98 Å². The minimum atomic E-state index is 0.501. The van der Waals surface area contributed by atoms with E-state index >= 15 is 0 Å². The lowest BCUT2D eigenvalue weighted by Gasteiger charge is -2.03. The highest BCUT2D eigenvalue weighted by Crippen LogP contribution is 2.06. The van der Waals surface area contributed by atoms with E-state index in [9.17, 15) is 0 Å². The summed E-state index contributed by atoms with van der Waals surface area (Å²) in [6, 6.07) is 8.48. The Kier molecular flexibility index (Phi) is 2.83. The molecular formula is C12H15N3. The molecule has 0 aliphatic heterocycles. The van der Waals surface area contributed by atoms with Crippen molar-refractivity contribution in [2.24, 2.45) is 5.73 Å². The third-order valence-electron chi connectivity index (χ3n) is 2.34. The van der Waals surface area contributed by atoms with Gasteiger partial charge in [-0.15, -0.1) is 0 Å². The second-order valence-electron chi connectivity index (χ2n) is 3.73. The summed E-state index contributed by atoms with van der Waals surface area (Å²) < 4.78 is 2.05. The Morgan fingerprint density at radius 3 is 2.93 bits per heavy atom. The number of hydrogen-bond donors (Lipinski definition) is 1. The van der Waals surface area contributed by atoms with E-state index in [1.165, 1.54) is 11.1 Å². The summed E-state index contributed by atoms with van der Waals surface area (Å²) in [4.78, 5) is 4.19. The van der Waals surface area contributed by atoms with Crippen LogP contribution in [0.5, 0.6) is 0 Å². The van der Waals surface area contributed by atoms with E-state index in [4.69, 9.17) is 5.73 Å². The van der Waals surface area contributed by atoms with E-state index in [0.29, 0.717) is 6.54 Å². The third kappa shape index (κ3) is 2.44. The first kappa shape index (κ1) is 9.93. The van der Waals surface area contributed by atoms with Crippen LogP contribution >= 0.6 is 0 Å². The molecule has 0 amide bonds. The Hall–Kier alpha value is -1.61. The molecule has 3 nitrogen and oxygen atoms in total. The third-order valence-corrected chi connectivity index (χ3v) is 2.34. The summed E-state index contributed by atoms with van der Waals surface area (Å²) in [6.07, 6.45) is 3.81. The maximum Gasteiger partial charge on any atom is 0.0953 e. The molecule has 0 fully saturated rings. The standard InChI is InChI=1S/C12H15N3/c1-10-3-2-4-11(5-10)7-15-8-12(6-13)14-9-15/h2-5,8-9H,6-7,13H2,1H3. The van der Waals surface area contributed by atoms with Crippen molar-refractivity contribution in [3.05, 3.63) is 53.6 Å².